The maximum atomic E-state index is 4.99. The van der Waals surface area contributed by atoms with Crippen LogP contribution in [0.5, 0.6) is 0 Å². The largest absolute Gasteiger partial charge is 0.355 e. The first-order valence-electron chi connectivity index (χ1n) is 3.40. The normalized spacial score (nSPS) is 10.8. The van der Waals surface area contributed by atoms with Gasteiger partial charge in [-0.3, -0.25) is 0 Å². The van der Waals surface area contributed by atoms with Crippen LogP contribution in [-0.4, -0.2) is 30.5 Å². The van der Waals surface area contributed by atoms with Gasteiger partial charge in [0.05, 0.1) is 6.42 Å². The Hall–Kier alpha value is -0.870. The molecular formula is C7H12N2O2. The Morgan fingerprint density at radius 2 is 2.27 bits per heavy atom. The molecular weight excluding hydrogens is 144 g/mol. The molecule has 0 saturated heterocycles. The van der Waals surface area contributed by atoms with Gasteiger partial charge in [-0.25, -0.2) is 4.98 Å². The fourth-order valence-corrected chi connectivity index (χ4v) is 0.830. The quantitative estimate of drug-likeness (QED) is 0.648. The molecule has 0 saturated carbocycles. The van der Waals surface area contributed by atoms with Crippen molar-refractivity contribution in [3.8, 4) is 0 Å². The van der Waals surface area contributed by atoms with E-state index in [0.717, 1.165) is 5.82 Å². The fraction of sp³-hybridized carbons (Fsp3) is 0.571. The summed E-state index contributed by atoms with van der Waals surface area (Å²) in [6.45, 7) is 0. The van der Waals surface area contributed by atoms with Gasteiger partial charge in [-0.05, 0) is 0 Å². The molecule has 0 amide bonds. The zero-order valence-corrected chi connectivity index (χ0v) is 6.70. The van der Waals surface area contributed by atoms with E-state index < -0.39 is 0 Å². The lowest BCUT2D eigenvalue weighted by molar-refractivity contribution is -0.101. The molecule has 0 atom stereocenters. The molecule has 4 nitrogen and oxygen atoms in total. The molecule has 0 aliphatic heterocycles. The van der Waals surface area contributed by atoms with Crippen molar-refractivity contribution in [1.82, 2.24) is 9.97 Å². The minimum Gasteiger partial charge on any atom is -0.355 e. The van der Waals surface area contributed by atoms with Crippen molar-refractivity contribution < 1.29 is 9.47 Å². The van der Waals surface area contributed by atoms with Gasteiger partial charge in [0.25, 0.3) is 0 Å². The van der Waals surface area contributed by atoms with Crippen LogP contribution in [0, 0.1) is 0 Å². The van der Waals surface area contributed by atoms with E-state index in [4.69, 9.17) is 9.47 Å². The van der Waals surface area contributed by atoms with Crippen molar-refractivity contribution >= 4 is 0 Å². The van der Waals surface area contributed by atoms with E-state index in [-0.39, 0.29) is 6.29 Å². The van der Waals surface area contributed by atoms with Gasteiger partial charge in [0.1, 0.15) is 5.82 Å². The average Bonchev–Trinajstić information content (AvgIpc) is 2.52. The Balaban J connectivity index is 2.41. The summed E-state index contributed by atoms with van der Waals surface area (Å²) < 4.78 is 9.98. The summed E-state index contributed by atoms with van der Waals surface area (Å²) in [5, 5.41) is 0. The summed E-state index contributed by atoms with van der Waals surface area (Å²) in [5.74, 6) is 0.874. The van der Waals surface area contributed by atoms with Crippen molar-refractivity contribution in [2.45, 2.75) is 12.7 Å². The number of H-pyrrole nitrogens is 1. The van der Waals surface area contributed by atoms with Crippen LogP contribution in [0.2, 0.25) is 0 Å². The minimum absolute atomic E-state index is 0.207. The number of nitrogens with zero attached hydrogens (tertiary/aromatic N) is 1. The fourth-order valence-electron chi connectivity index (χ4n) is 0.830. The summed E-state index contributed by atoms with van der Waals surface area (Å²) in [5.41, 5.74) is 0. The SMILES string of the molecule is COC(Cc1ncc[nH]1)OC. The maximum absolute atomic E-state index is 4.99. The van der Waals surface area contributed by atoms with Gasteiger partial charge in [0.2, 0.25) is 0 Å². The van der Waals surface area contributed by atoms with Gasteiger partial charge < -0.3 is 14.5 Å². The van der Waals surface area contributed by atoms with Gasteiger partial charge in [0.15, 0.2) is 6.29 Å². The molecule has 0 spiro atoms. The van der Waals surface area contributed by atoms with E-state index in [2.05, 4.69) is 9.97 Å². The Morgan fingerprint density at radius 1 is 1.55 bits per heavy atom. The first kappa shape index (κ1) is 8.23. The number of nitrogens with one attached hydrogen (secondary N) is 1. The van der Waals surface area contributed by atoms with Crippen LogP contribution in [-0.2, 0) is 15.9 Å². The second-order valence-corrected chi connectivity index (χ2v) is 2.14. The van der Waals surface area contributed by atoms with E-state index in [1.807, 2.05) is 0 Å². The number of rotatable bonds is 4. The van der Waals surface area contributed by atoms with Gasteiger partial charge in [-0.15, -0.1) is 0 Å². The number of hydrogen-bond acceptors (Lipinski definition) is 3. The summed E-state index contributed by atoms with van der Waals surface area (Å²) in [6, 6.07) is 0. The standard InChI is InChI=1S/C7H12N2O2/c1-10-7(11-2)5-6-8-3-4-9-6/h3-4,7H,5H2,1-2H3,(H,8,9). The topological polar surface area (TPSA) is 47.1 Å². The zero-order chi connectivity index (χ0) is 8.10. The summed E-state index contributed by atoms with van der Waals surface area (Å²) in [7, 11) is 3.22. The maximum Gasteiger partial charge on any atom is 0.163 e. The molecule has 0 aliphatic carbocycles. The Labute approximate surface area is 65.5 Å². The molecule has 11 heavy (non-hydrogen) atoms. The van der Waals surface area contributed by atoms with E-state index in [9.17, 15) is 0 Å². The second kappa shape index (κ2) is 4.10. The van der Waals surface area contributed by atoms with Gasteiger partial charge in [-0.1, -0.05) is 0 Å². The third kappa shape index (κ3) is 2.32. The number of hydrogen-bond donors (Lipinski definition) is 1. The highest BCUT2D eigenvalue weighted by atomic mass is 16.7. The van der Waals surface area contributed by atoms with E-state index in [1.54, 1.807) is 26.6 Å². The highest BCUT2D eigenvalue weighted by Crippen LogP contribution is 1.99. The third-order valence-corrected chi connectivity index (χ3v) is 1.44. The van der Waals surface area contributed by atoms with Crippen LogP contribution in [0.1, 0.15) is 5.82 Å². The van der Waals surface area contributed by atoms with Crippen molar-refractivity contribution in [2.24, 2.45) is 0 Å². The third-order valence-electron chi connectivity index (χ3n) is 1.44. The number of imidazole rings is 1. The molecule has 1 N–H and O–H groups in total. The smallest absolute Gasteiger partial charge is 0.163 e. The van der Waals surface area contributed by atoms with Crippen molar-refractivity contribution in [3.63, 3.8) is 0 Å². The Kier molecular flexibility index (Phi) is 3.07. The average molecular weight is 156 g/mol. The summed E-state index contributed by atoms with van der Waals surface area (Å²) in [4.78, 5) is 7.00. The first-order valence-corrected chi connectivity index (χ1v) is 3.40. The van der Waals surface area contributed by atoms with Crippen molar-refractivity contribution in [3.05, 3.63) is 18.2 Å². The molecule has 1 aromatic heterocycles. The number of ether oxygens (including phenoxy) is 2. The van der Waals surface area contributed by atoms with Gasteiger partial charge in [0, 0.05) is 26.6 Å². The minimum atomic E-state index is -0.207. The van der Waals surface area contributed by atoms with E-state index >= 15 is 0 Å². The molecule has 4 heteroatoms. The predicted octanol–water partition coefficient (Wildman–Crippen LogP) is 0.571. The summed E-state index contributed by atoms with van der Waals surface area (Å²) >= 11 is 0. The molecule has 62 valence electrons. The first-order chi connectivity index (χ1) is 5.36. The lowest BCUT2D eigenvalue weighted by Gasteiger charge is -2.10. The van der Waals surface area contributed by atoms with Crippen LogP contribution >= 0.6 is 0 Å². The molecule has 0 aromatic carbocycles. The van der Waals surface area contributed by atoms with Crippen LogP contribution in [0.4, 0.5) is 0 Å². The van der Waals surface area contributed by atoms with E-state index in [1.165, 1.54) is 0 Å². The molecule has 0 bridgehead atoms. The monoisotopic (exact) mass is 156 g/mol. The van der Waals surface area contributed by atoms with Crippen LogP contribution < -0.4 is 0 Å². The van der Waals surface area contributed by atoms with Crippen LogP contribution in [0.3, 0.4) is 0 Å². The highest BCUT2D eigenvalue weighted by Gasteiger charge is 2.06. The molecule has 0 aliphatic rings. The lowest BCUT2D eigenvalue weighted by Crippen LogP contribution is -2.16. The van der Waals surface area contributed by atoms with Gasteiger partial charge >= 0.3 is 0 Å². The Morgan fingerprint density at radius 3 is 2.73 bits per heavy atom. The van der Waals surface area contributed by atoms with Crippen LogP contribution in [0.15, 0.2) is 12.4 Å². The van der Waals surface area contributed by atoms with Crippen LogP contribution in [0.25, 0.3) is 0 Å². The summed E-state index contributed by atoms with van der Waals surface area (Å²) in [6.07, 6.45) is 3.93. The number of aromatic nitrogens is 2. The number of aromatic amines is 1. The molecule has 0 unspecified atom stereocenters. The lowest BCUT2D eigenvalue weighted by atomic mass is 10.4. The number of methoxy groups -OCH3 is 2. The molecule has 1 aromatic rings. The highest BCUT2D eigenvalue weighted by molar-refractivity contribution is 4.87. The Bertz CT molecular complexity index is 182. The molecule has 0 radical (unpaired) electrons. The zero-order valence-electron chi connectivity index (χ0n) is 6.70. The molecule has 1 rings (SSSR count). The van der Waals surface area contributed by atoms with E-state index in [0.29, 0.717) is 6.42 Å². The molecule has 1 heterocycles. The van der Waals surface area contributed by atoms with Gasteiger partial charge in [-0.2, -0.15) is 0 Å². The van der Waals surface area contributed by atoms with Crippen molar-refractivity contribution in [1.29, 1.82) is 0 Å². The predicted molar refractivity (Wildman–Crippen MR) is 40.1 cm³/mol. The second-order valence-electron chi connectivity index (χ2n) is 2.14. The molecule has 0 fully saturated rings. The van der Waals surface area contributed by atoms with Crippen molar-refractivity contribution in [2.75, 3.05) is 14.2 Å².